The maximum Gasteiger partial charge on any atom is 0.0708 e. The van der Waals surface area contributed by atoms with Gasteiger partial charge in [0.15, 0.2) is 0 Å². The van der Waals surface area contributed by atoms with Gasteiger partial charge in [0.25, 0.3) is 0 Å². The minimum absolute atomic E-state index is 0.938. The lowest BCUT2D eigenvalue weighted by Crippen LogP contribution is -2.43. The zero-order chi connectivity index (χ0) is 16.4. The van der Waals surface area contributed by atoms with Crippen molar-refractivity contribution in [2.75, 3.05) is 33.2 Å². The summed E-state index contributed by atoms with van der Waals surface area (Å²) in [7, 11) is 2.18. The van der Waals surface area contributed by atoms with E-state index >= 15 is 0 Å². The number of hydrogen-bond donors (Lipinski definition) is 0. The van der Waals surface area contributed by atoms with Crippen LogP contribution in [-0.2, 0) is 6.54 Å². The van der Waals surface area contributed by atoms with Gasteiger partial charge in [-0.3, -0.25) is 14.9 Å². The first kappa shape index (κ1) is 15.2. The molecule has 1 fully saturated rings. The van der Waals surface area contributed by atoms with Crippen LogP contribution in [0.3, 0.4) is 0 Å². The molecule has 0 spiro atoms. The zero-order valence-corrected chi connectivity index (χ0v) is 14.0. The minimum Gasteiger partial charge on any atom is -0.304 e. The summed E-state index contributed by atoms with van der Waals surface area (Å²) in [6, 6.07) is 14.8. The zero-order valence-electron chi connectivity index (χ0n) is 14.0. The number of fused-ring (bicyclic) bond motifs is 1. The van der Waals surface area contributed by atoms with Gasteiger partial charge in [-0.2, -0.15) is 0 Å². The molecule has 2 aromatic heterocycles. The van der Waals surface area contributed by atoms with Crippen molar-refractivity contribution in [3.05, 3.63) is 60.6 Å². The van der Waals surface area contributed by atoms with E-state index in [1.165, 1.54) is 10.9 Å². The van der Waals surface area contributed by atoms with E-state index in [9.17, 15) is 0 Å². The van der Waals surface area contributed by atoms with Gasteiger partial charge >= 0.3 is 0 Å². The van der Waals surface area contributed by atoms with Crippen LogP contribution in [-0.4, -0.2) is 53.0 Å². The van der Waals surface area contributed by atoms with Crippen LogP contribution in [0.15, 0.2) is 54.9 Å². The summed E-state index contributed by atoms with van der Waals surface area (Å²) in [5.74, 6) is 0. The Hall–Kier alpha value is -2.30. The predicted molar refractivity (Wildman–Crippen MR) is 97.7 cm³/mol. The maximum absolute atomic E-state index is 4.67. The molecule has 0 saturated carbocycles. The van der Waals surface area contributed by atoms with Crippen LogP contribution in [0.5, 0.6) is 0 Å². The van der Waals surface area contributed by atoms with Crippen LogP contribution >= 0.6 is 0 Å². The molecule has 0 radical (unpaired) electrons. The first-order valence-corrected chi connectivity index (χ1v) is 8.49. The van der Waals surface area contributed by atoms with E-state index < -0.39 is 0 Å². The van der Waals surface area contributed by atoms with Gasteiger partial charge in [0.05, 0.1) is 11.2 Å². The average Bonchev–Trinajstić information content (AvgIpc) is 2.64. The number of benzene rings is 1. The monoisotopic (exact) mass is 318 g/mol. The van der Waals surface area contributed by atoms with Crippen molar-refractivity contribution in [3.63, 3.8) is 0 Å². The van der Waals surface area contributed by atoms with Crippen LogP contribution in [0.2, 0.25) is 0 Å². The van der Waals surface area contributed by atoms with Gasteiger partial charge in [-0.1, -0.05) is 24.3 Å². The fraction of sp³-hybridized carbons (Fsp3) is 0.300. The van der Waals surface area contributed by atoms with Crippen LogP contribution < -0.4 is 0 Å². The number of rotatable bonds is 3. The van der Waals surface area contributed by atoms with Gasteiger partial charge < -0.3 is 4.90 Å². The Morgan fingerprint density at radius 2 is 1.75 bits per heavy atom. The lowest BCUT2D eigenvalue weighted by atomic mass is 10.1. The quantitative estimate of drug-likeness (QED) is 0.743. The number of nitrogens with zero attached hydrogens (tertiary/aromatic N) is 4. The summed E-state index contributed by atoms with van der Waals surface area (Å²) in [6.07, 6.45) is 3.82. The molecule has 3 aromatic rings. The highest BCUT2D eigenvalue weighted by atomic mass is 15.2. The smallest absolute Gasteiger partial charge is 0.0708 e. The molecule has 0 unspecified atom stereocenters. The van der Waals surface area contributed by atoms with Gasteiger partial charge in [0, 0.05) is 56.1 Å². The molecule has 1 saturated heterocycles. The topological polar surface area (TPSA) is 32.3 Å². The Balaban J connectivity index is 1.50. The number of aromatic nitrogens is 2. The maximum atomic E-state index is 4.67. The highest BCUT2D eigenvalue weighted by Crippen LogP contribution is 2.23. The van der Waals surface area contributed by atoms with Crippen molar-refractivity contribution >= 4 is 10.9 Å². The lowest BCUT2D eigenvalue weighted by molar-refractivity contribution is 0.147. The second kappa shape index (κ2) is 6.67. The molecule has 1 aliphatic rings. The average molecular weight is 318 g/mol. The first-order valence-electron chi connectivity index (χ1n) is 8.49. The molecule has 3 heterocycles. The van der Waals surface area contributed by atoms with Gasteiger partial charge in [-0.25, -0.2) is 0 Å². The van der Waals surface area contributed by atoms with Crippen molar-refractivity contribution in [3.8, 4) is 11.1 Å². The SMILES string of the molecule is CN1CCN(Cc2ccc(-c3ccc4cccnc4c3)cn2)CC1. The summed E-state index contributed by atoms with van der Waals surface area (Å²) in [6.45, 7) is 5.46. The normalized spacial score (nSPS) is 16.5. The summed E-state index contributed by atoms with van der Waals surface area (Å²) < 4.78 is 0. The van der Waals surface area contributed by atoms with Crippen LogP contribution in [0, 0.1) is 0 Å². The highest BCUT2D eigenvalue weighted by Gasteiger charge is 2.14. The first-order chi connectivity index (χ1) is 11.8. The van der Waals surface area contributed by atoms with E-state index in [4.69, 9.17) is 0 Å². The summed E-state index contributed by atoms with van der Waals surface area (Å²) in [5.41, 5.74) is 4.48. The highest BCUT2D eigenvalue weighted by molar-refractivity contribution is 5.83. The Labute approximate surface area is 142 Å². The van der Waals surface area contributed by atoms with E-state index in [0.717, 1.165) is 49.5 Å². The number of pyridine rings is 2. The third kappa shape index (κ3) is 3.30. The van der Waals surface area contributed by atoms with Gasteiger partial charge in [0.2, 0.25) is 0 Å². The molecule has 0 bridgehead atoms. The molecule has 4 nitrogen and oxygen atoms in total. The van der Waals surface area contributed by atoms with Crippen molar-refractivity contribution in [1.82, 2.24) is 19.8 Å². The van der Waals surface area contributed by atoms with Crippen molar-refractivity contribution in [2.45, 2.75) is 6.54 Å². The molecule has 0 N–H and O–H groups in total. The Morgan fingerprint density at radius 1 is 0.917 bits per heavy atom. The Kier molecular flexibility index (Phi) is 4.24. The largest absolute Gasteiger partial charge is 0.304 e. The minimum atomic E-state index is 0.938. The number of piperazine rings is 1. The van der Waals surface area contributed by atoms with E-state index in [-0.39, 0.29) is 0 Å². The molecule has 24 heavy (non-hydrogen) atoms. The fourth-order valence-electron chi connectivity index (χ4n) is 3.17. The van der Waals surface area contributed by atoms with Crippen molar-refractivity contribution in [2.24, 2.45) is 0 Å². The molecule has 1 aliphatic heterocycles. The van der Waals surface area contributed by atoms with Gasteiger partial charge in [-0.15, -0.1) is 0 Å². The molecule has 1 aromatic carbocycles. The van der Waals surface area contributed by atoms with Crippen LogP contribution in [0.1, 0.15) is 5.69 Å². The second-order valence-corrected chi connectivity index (χ2v) is 6.53. The predicted octanol–water partition coefficient (Wildman–Crippen LogP) is 3.04. The van der Waals surface area contributed by atoms with Gasteiger partial charge in [0.1, 0.15) is 0 Å². The molecule has 4 rings (SSSR count). The molecule has 122 valence electrons. The van der Waals surface area contributed by atoms with Crippen molar-refractivity contribution < 1.29 is 0 Å². The standard InChI is InChI=1S/C20H22N4/c1-23-9-11-24(12-10-23)15-19-7-6-18(14-22-19)17-5-4-16-3-2-8-21-20(16)13-17/h2-8,13-14H,9-12,15H2,1H3. The number of hydrogen-bond acceptors (Lipinski definition) is 4. The van der Waals surface area contributed by atoms with Crippen LogP contribution in [0.4, 0.5) is 0 Å². The Bertz CT molecular complexity index is 820. The molecule has 0 amide bonds. The van der Waals surface area contributed by atoms with Crippen LogP contribution in [0.25, 0.3) is 22.0 Å². The van der Waals surface area contributed by atoms with E-state index in [0.29, 0.717) is 0 Å². The molecule has 0 aliphatic carbocycles. The third-order valence-corrected chi connectivity index (χ3v) is 4.75. The molecular formula is C20H22N4. The Morgan fingerprint density at radius 3 is 2.54 bits per heavy atom. The van der Waals surface area contributed by atoms with Crippen molar-refractivity contribution in [1.29, 1.82) is 0 Å². The molecule has 4 heteroatoms. The van der Waals surface area contributed by atoms with E-state index in [2.05, 4.69) is 63.2 Å². The van der Waals surface area contributed by atoms with E-state index in [1.54, 1.807) is 0 Å². The second-order valence-electron chi connectivity index (χ2n) is 6.53. The molecular weight excluding hydrogens is 296 g/mol. The summed E-state index contributed by atoms with van der Waals surface area (Å²) >= 11 is 0. The number of likely N-dealkylation sites (N-methyl/N-ethyl adjacent to an activating group) is 1. The lowest BCUT2D eigenvalue weighted by Gasteiger charge is -2.32. The molecule has 0 atom stereocenters. The third-order valence-electron chi connectivity index (χ3n) is 4.75. The van der Waals surface area contributed by atoms with Gasteiger partial charge in [-0.05, 0) is 30.8 Å². The summed E-state index contributed by atoms with van der Waals surface area (Å²) in [5, 5.41) is 1.17. The fourth-order valence-corrected chi connectivity index (χ4v) is 3.17. The summed E-state index contributed by atoms with van der Waals surface area (Å²) in [4.78, 5) is 14.0. The van der Waals surface area contributed by atoms with E-state index in [1.807, 2.05) is 18.5 Å².